The Morgan fingerprint density at radius 1 is 1.50 bits per heavy atom. The predicted molar refractivity (Wildman–Crippen MR) is 101 cm³/mol. The third kappa shape index (κ3) is 6.18. The van der Waals surface area contributed by atoms with Crippen molar-refractivity contribution in [2.24, 2.45) is 10.9 Å². The number of nitro benzene ring substituents is 1. The Bertz CT molecular complexity index is 606. The number of hydrogen-bond donors (Lipinski definition) is 2. The maximum atomic E-state index is 10.6. The molecule has 8 heteroatoms. The van der Waals surface area contributed by atoms with Gasteiger partial charge in [-0.1, -0.05) is 6.92 Å². The van der Waals surface area contributed by atoms with Crippen LogP contribution in [0.3, 0.4) is 0 Å². The van der Waals surface area contributed by atoms with Crippen LogP contribution in [-0.2, 0) is 0 Å². The van der Waals surface area contributed by atoms with Gasteiger partial charge in [-0.25, -0.2) is 0 Å². The summed E-state index contributed by atoms with van der Waals surface area (Å²) in [5, 5.41) is 24.0. The molecular weight excluding hydrogens is 336 g/mol. The summed E-state index contributed by atoms with van der Waals surface area (Å²) in [6.07, 6.45) is 1.64. The van der Waals surface area contributed by atoms with Crippen molar-refractivity contribution < 1.29 is 14.8 Å². The highest BCUT2D eigenvalue weighted by atomic mass is 16.6. The summed E-state index contributed by atoms with van der Waals surface area (Å²) in [6, 6.07) is 5.79. The molecule has 144 valence electrons. The van der Waals surface area contributed by atoms with Crippen LogP contribution in [0.1, 0.15) is 26.7 Å². The van der Waals surface area contributed by atoms with Gasteiger partial charge in [-0.3, -0.25) is 15.1 Å². The fraction of sp³-hybridized carbons (Fsp3) is 0.611. The predicted octanol–water partition coefficient (Wildman–Crippen LogP) is 2.03. The maximum absolute atomic E-state index is 10.6. The van der Waals surface area contributed by atoms with Crippen LogP contribution >= 0.6 is 0 Å². The molecule has 1 heterocycles. The molecule has 1 aromatic rings. The van der Waals surface area contributed by atoms with Crippen molar-refractivity contribution >= 4 is 11.6 Å². The number of nitrogens with one attached hydrogen (secondary N) is 1. The zero-order valence-corrected chi connectivity index (χ0v) is 15.4. The monoisotopic (exact) mass is 364 g/mol. The lowest BCUT2D eigenvalue weighted by molar-refractivity contribution is -0.384. The van der Waals surface area contributed by atoms with Crippen molar-refractivity contribution in [3.05, 3.63) is 34.4 Å². The van der Waals surface area contributed by atoms with Crippen LogP contribution in [0.25, 0.3) is 0 Å². The van der Waals surface area contributed by atoms with Gasteiger partial charge in [0.15, 0.2) is 5.96 Å². The number of nitro groups is 1. The van der Waals surface area contributed by atoms with E-state index in [2.05, 4.69) is 22.1 Å². The first kappa shape index (κ1) is 20.0. The molecule has 8 nitrogen and oxygen atoms in total. The molecule has 0 saturated carbocycles. The molecule has 0 aliphatic carbocycles. The number of aliphatic hydroxyl groups excluding tert-OH is 1. The highest BCUT2D eigenvalue weighted by Crippen LogP contribution is 2.18. The minimum atomic E-state index is -0.749. The van der Waals surface area contributed by atoms with E-state index in [9.17, 15) is 15.2 Å². The highest BCUT2D eigenvalue weighted by molar-refractivity contribution is 5.80. The van der Waals surface area contributed by atoms with Crippen LogP contribution in [0, 0.1) is 16.0 Å². The first-order chi connectivity index (χ1) is 12.5. The van der Waals surface area contributed by atoms with E-state index < -0.39 is 11.0 Å². The second-order valence-electron chi connectivity index (χ2n) is 6.60. The minimum absolute atomic E-state index is 0.00791. The Labute approximate surface area is 154 Å². The van der Waals surface area contributed by atoms with Gasteiger partial charge in [0.1, 0.15) is 18.5 Å². The van der Waals surface area contributed by atoms with Gasteiger partial charge in [-0.2, -0.15) is 0 Å². The number of hydrogen-bond acceptors (Lipinski definition) is 5. The number of benzene rings is 1. The van der Waals surface area contributed by atoms with E-state index in [-0.39, 0.29) is 18.8 Å². The van der Waals surface area contributed by atoms with E-state index in [4.69, 9.17) is 4.74 Å². The molecular formula is C18H28N4O4. The number of guanidine groups is 1. The molecule has 0 radical (unpaired) electrons. The largest absolute Gasteiger partial charge is 0.491 e. The third-order valence-corrected chi connectivity index (χ3v) is 4.23. The van der Waals surface area contributed by atoms with E-state index in [1.807, 2.05) is 6.92 Å². The Balaban J connectivity index is 1.85. The molecule has 0 aromatic heterocycles. The average molecular weight is 364 g/mol. The first-order valence-corrected chi connectivity index (χ1v) is 9.08. The van der Waals surface area contributed by atoms with Gasteiger partial charge in [-0.15, -0.1) is 0 Å². The Kier molecular flexibility index (Phi) is 7.65. The van der Waals surface area contributed by atoms with Crippen molar-refractivity contribution in [3.63, 3.8) is 0 Å². The van der Waals surface area contributed by atoms with Crippen LogP contribution in [0.2, 0.25) is 0 Å². The molecule has 0 bridgehead atoms. The van der Waals surface area contributed by atoms with Crippen LogP contribution in [0.4, 0.5) is 5.69 Å². The van der Waals surface area contributed by atoms with E-state index in [1.54, 1.807) is 0 Å². The number of piperidine rings is 1. The van der Waals surface area contributed by atoms with Crippen molar-refractivity contribution in [2.75, 3.05) is 32.8 Å². The lowest BCUT2D eigenvalue weighted by Gasteiger charge is -2.33. The second-order valence-corrected chi connectivity index (χ2v) is 6.60. The lowest BCUT2D eigenvalue weighted by atomic mass is 10.0. The smallest absolute Gasteiger partial charge is 0.269 e. The summed E-state index contributed by atoms with van der Waals surface area (Å²) < 4.78 is 5.48. The molecule has 1 saturated heterocycles. The molecule has 1 aromatic carbocycles. The zero-order chi connectivity index (χ0) is 18.9. The summed E-state index contributed by atoms with van der Waals surface area (Å²) in [6.45, 7) is 7.31. The molecule has 1 fully saturated rings. The molecule has 2 atom stereocenters. The van der Waals surface area contributed by atoms with E-state index in [0.717, 1.165) is 32.0 Å². The fourth-order valence-corrected chi connectivity index (χ4v) is 2.91. The molecule has 2 unspecified atom stereocenters. The van der Waals surface area contributed by atoms with Crippen LogP contribution < -0.4 is 10.1 Å². The number of non-ortho nitro benzene ring substituents is 1. The molecule has 26 heavy (non-hydrogen) atoms. The summed E-state index contributed by atoms with van der Waals surface area (Å²) in [7, 11) is 0. The Morgan fingerprint density at radius 2 is 2.23 bits per heavy atom. The number of likely N-dealkylation sites (tertiary alicyclic amines) is 1. The van der Waals surface area contributed by atoms with Gasteiger partial charge in [0.2, 0.25) is 0 Å². The van der Waals surface area contributed by atoms with E-state index in [1.165, 1.54) is 30.7 Å². The Hall–Kier alpha value is -2.35. The van der Waals surface area contributed by atoms with Crippen molar-refractivity contribution in [2.45, 2.75) is 32.8 Å². The summed E-state index contributed by atoms with van der Waals surface area (Å²) >= 11 is 0. The SMILES string of the molecule is CCNC(=NCC(O)COc1ccc([N+](=O)[O-])cc1)N1CCCC(C)C1. The molecule has 0 amide bonds. The molecule has 1 aliphatic rings. The van der Waals surface area contributed by atoms with Gasteiger partial charge in [0, 0.05) is 31.8 Å². The van der Waals surface area contributed by atoms with Gasteiger partial charge in [-0.05, 0) is 37.8 Å². The number of nitrogens with zero attached hydrogens (tertiary/aromatic N) is 3. The third-order valence-electron chi connectivity index (χ3n) is 4.23. The van der Waals surface area contributed by atoms with Crippen LogP contribution in [0.5, 0.6) is 5.75 Å². The number of aliphatic hydroxyl groups is 1. The quantitative estimate of drug-likeness (QED) is 0.332. The van der Waals surface area contributed by atoms with E-state index in [0.29, 0.717) is 11.7 Å². The molecule has 0 spiro atoms. The van der Waals surface area contributed by atoms with Crippen LogP contribution in [-0.4, -0.2) is 59.8 Å². The fourth-order valence-electron chi connectivity index (χ4n) is 2.91. The van der Waals surface area contributed by atoms with E-state index >= 15 is 0 Å². The topological polar surface area (TPSA) is 100 Å². The minimum Gasteiger partial charge on any atom is -0.491 e. The zero-order valence-electron chi connectivity index (χ0n) is 15.4. The average Bonchev–Trinajstić information content (AvgIpc) is 2.63. The van der Waals surface area contributed by atoms with Crippen LogP contribution in [0.15, 0.2) is 29.3 Å². The standard InChI is InChI=1S/C18H28N4O4/c1-3-19-18(21-10-4-5-14(2)12-21)20-11-16(23)13-26-17-8-6-15(7-9-17)22(24)25/h6-9,14,16,23H,3-5,10-13H2,1-2H3,(H,19,20). The summed E-state index contributed by atoms with van der Waals surface area (Å²) in [5.41, 5.74) is 0.00791. The summed E-state index contributed by atoms with van der Waals surface area (Å²) in [4.78, 5) is 16.9. The number of aliphatic imine (C=N–C) groups is 1. The molecule has 2 rings (SSSR count). The highest BCUT2D eigenvalue weighted by Gasteiger charge is 2.19. The molecule has 2 N–H and O–H groups in total. The van der Waals surface area contributed by atoms with Gasteiger partial charge >= 0.3 is 0 Å². The second kappa shape index (κ2) is 9.96. The number of ether oxygens (including phenoxy) is 1. The lowest BCUT2D eigenvalue weighted by Crippen LogP contribution is -2.46. The number of rotatable bonds is 7. The van der Waals surface area contributed by atoms with Crippen molar-refractivity contribution in [1.82, 2.24) is 10.2 Å². The molecule has 1 aliphatic heterocycles. The normalized spacial score (nSPS) is 19.1. The van der Waals surface area contributed by atoms with Gasteiger partial charge in [0.05, 0.1) is 11.5 Å². The maximum Gasteiger partial charge on any atom is 0.269 e. The van der Waals surface area contributed by atoms with Gasteiger partial charge < -0.3 is 20.1 Å². The van der Waals surface area contributed by atoms with Crippen molar-refractivity contribution in [1.29, 1.82) is 0 Å². The van der Waals surface area contributed by atoms with Gasteiger partial charge in [0.25, 0.3) is 5.69 Å². The first-order valence-electron chi connectivity index (χ1n) is 9.08. The Morgan fingerprint density at radius 3 is 2.85 bits per heavy atom. The summed E-state index contributed by atoms with van der Waals surface area (Å²) in [5.74, 6) is 1.95. The van der Waals surface area contributed by atoms with Crippen molar-refractivity contribution in [3.8, 4) is 5.75 Å².